The molecule has 0 unspecified atom stereocenters. The molecule has 0 aromatic heterocycles. The highest BCUT2D eigenvalue weighted by molar-refractivity contribution is 6.05. The Morgan fingerprint density at radius 1 is 1.12 bits per heavy atom. The van der Waals surface area contributed by atoms with Gasteiger partial charge in [-0.15, -0.1) is 0 Å². The van der Waals surface area contributed by atoms with E-state index in [0.717, 1.165) is 22.4 Å². The summed E-state index contributed by atoms with van der Waals surface area (Å²) >= 11 is 0. The van der Waals surface area contributed by atoms with Crippen molar-refractivity contribution in [2.45, 2.75) is 32.2 Å². The molecule has 0 saturated carbocycles. The van der Waals surface area contributed by atoms with E-state index in [-0.39, 0.29) is 24.1 Å². The van der Waals surface area contributed by atoms with Gasteiger partial charge in [0.2, 0.25) is 11.8 Å². The topological polar surface area (TPSA) is 58.2 Å². The average Bonchev–Trinajstić information content (AvgIpc) is 2.77. The number of fused-ring (bicyclic) bond motifs is 1. The van der Waals surface area contributed by atoms with Crippen LogP contribution in [-0.2, 0) is 28.0 Å². The standard InChI is InChI=1S/C19H19FN2O2/c1-19(2)15-9-13(5-8-16(15)22-18(19)24)10-17(23)21-11-12-3-6-14(20)7-4-12/h3-9H,10-11H2,1-2H3,(H,21,23)(H,22,24). The van der Waals surface area contributed by atoms with Gasteiger partial charge >= 0.3 is 0 Å². The number of hydrogen-bond acceptors (Lipinski definition) is 2. The first-order valence-electron chi connectivity index (χ1n) is 7.82. The van der Waals surface area contributed by atoms with Gasteiger partial charge in [-0.1, -0.05) is 24.3 Å². The van der Waals surface area contributed by atoms with Crippen LogP contribution in [0.1, 0.15) is 30.5 Å². The molecule has 0 aliphatic carbocycles. The summed E-state index contributed by atoms with van der Waals surface area (Å²) in [6, 6.07) is 11.6. The van der Waals surface area contributed by atoms with Gasteiger partial charge < -0.3 is 10.6 Å². The number of hydrogen-bond donors (Lipinski definition) is 2. The summed E-state index contributed by atoms with van der Waals surface area (Å²) in [6.45, 7) is 4.09. The number of carbonyl (C=O) groups excluding carboxylic acids is 2. The summed E-state index contributed by atoms with van der Waals surface area (Å²) in [4.78, 5) is 24.1. The van der Waals surface area contributed by atoms with Crippen molar-refractivity contribution < 1.29 is 14.0 Å². The minimum Gasteiger partial charge on any atom is -0.352 e. The minimum absolute atomic E-state index is 0.0320. The van der Waals surface area contributed by atoms with Gasteiger partial charge in [0.15, 0.2) is 0 Å². The molecule has 1 aliphatic heterocycles. The molecule has 2 amide bonds. The van der Waals surface area contributed by atoms with Gasteiger partial charge in [-0.3, -0.25) is 9.59 Å². The number of halogens is 1. The fraction of sp³-hybridized carbons (Fsp3) is 0.263. The van der Waals surface area contributed by atoms with Crippen molar-refractivity contribution >= 4 is 17.5 Å². The van der Waals surface area contributed by atoms with Crippen LogP contribution in [0.3, 0.4) is 0 Å². The lowest BCUT2D eigenvalue weighted by atomic mass is 9.85. The van der Waals surface area contributed by atoms with Gasteiger partial charge in [0.1, 0.15) is 5.82 Å². The molecule has 24 heavy (non-hydrogen) atoms. The van der Waals surface area contributed by atoms with Gasteiger partial charge in [-0.05, 0) is 48.7 Å². The monoisotopic (exact) mass is 326 g/mol. The Balaban J connectivity index is 1.64. The van der Waals surface area contributed by atoms with E-state index >= 15 is 0 Å². The lowest BCUT2D eigenvalue weighted by Gasteiger charge is -2.15. The van der Waals surface area contributed by atoms with Crippen molar-refractivity contribution in [1.29, 1.82) is 0 Å². The normalized spacial score (nSPS) is 14.9. The second kappa shape index (κ2) is 6.07. The molecule has 3 rings (SSSR count). The molecule has 4 nitrogen and oxygen atoms in total. The van der Waals surface area contributed by atoms with Crippen molar-refractivity contribution in [2.24, 2.45) is 0 Å². The van der Waals surface area contributed by atoms with Crippen molar-refractivity contribution in [3.63, 3.8) is 0 Å². The Bertz CT molecular complexity index is 798. The molecule has 2 aromatic carbocycles. The molecule has 0 radical (unpaired) electrons. The maximum Gasteiger partial charge on any atom is 0.234 e. The maximum atomic E-state index is 12.9. The maximum absolute atomic E-state index is 12.9. The summed E-state index contributed by atoms with van der Waals surface area (Å²) in [7, 11) is 0. The number of rotatable bonds is 4. The zero-order valence-electron chi connectivity index (χ0n) is 13.7. The van der Waals surface area contributed by atoms with Crippen molar-refractivity contribution in [3.8, 4) is 0 Å². The van der Waals surface area contributed by atoms with E-state index in [0.29, 0.717) is 6.54 Å². The molecular weight excluding hydrogens is 307 g/mol. The highest BCUT2D eigenvalue weighted by Gasteiger charge is 2.38. The van der Waals surface area contributed by atoms with Crippen LogP contribution in [0.25, 0.3) is 0 Å². The van der Waals surface area contributed by atoms with Crippen LogP contribution in [0.2, 0.25) is 0 Å². The summed E-state index contributed by atoms with van der Waals surface area (Å²) in [5.74, 6) is -0.446. The molecule has 1 heterocycles. The van der Waals surface area contributed by atoms with Gasteiger partial charge in [-0.2, -0.15) is 0 Å². The largest absolute Gasteiger partial charge is 0.352 e. The Morgan fingerprint density at radius 3 is 2.50 bits per heavy atom. The third kappa shape index (κ3) is 3.15. The van der Waals surface area contributed by atoms with Crippen LogP contribution in [-0.4, -0.2) is 11.8 Å². The van der Waals surface area contributed by atoms with Gasteiger partial charge in [0.25, 0.3) is 0 Å². The smallest absolute Gasteiger partial charge is 0.234 e. The van der Waals surface area contributed by atoms with Crippen LogP contribution in [0, 0.1) is 5.82 Å². The third-order valence-corrected chi connectivity index (χ3v) is 4.34. The lowest BCUT2D eigenvalue weighted by molar-refractivity contribution is -0.121. The first-order chi connectivity index (χ1) is 11.4. The van der Waals surface area contributed by atoms with Gasteiger partial charge in [0.05, 0.1) is 11.8 Å². The molecule has 2 N–H and O–H groups in total. The second-order valence-corrected chi connectivity index (χ2v) is 6.54. The number of benzene rings is 2. The molecule has 0 atom stereocenters. The third-order valence-electron chi connectivity index (χ3n) is 4.34. The summed E-state index contributed by atoms with van der Waals surface area (Å²) in [5.41, 5.74) is 2.83. The molecule has 5 heteroatoms. The number of nitrogens with one attached hydrogen (secondary N) is 2. The molecule has 0 bridgehead atoms. The second-order valence-electron chi connectivity index (χ2n) is 6.54. The first-order valence-corrected chi connectivity index (χ1v) is 7.82. The van der Waals surface area contributed by atoms with E-state index in [9.17, 15) is 14.0 Å². The Kier molecular flexibility index (Phi) is 4.09. The fourth-order valence-electron chi connectivity index (χ4n) is 2.78. The van der Waals surface area contributed by atoms with E-state index < -0.39 is 5.41 Å². The molecule has 1 aliphatic rings. The highest BCUT2D eigenvalue weighted by atomic mass is 19.1. The van der Waals surface area contributed by atoms with Crippen molar-refractivity contribution in [3.05, 3.63) is 65.0 Å². The Labute approximate surface area is 140 Å². The molecule has 0 fully saturated rings. The zero-order valence-corrected chi connectivity index (χ0v) is 13.7. The van der Waals surface area contributed by atoms with Crippen LogP contribution in [0.4, 0.5) is 10.1 Å². The van der Waals surface area contributed by atoms with E-state index in [2.05, 4.69) is 10.6 Å². The fourth-order valence-corrected chi connectivity index (χ4v) is 2.78. The van der Waals surface area contributed by atoms with E-state index in [1.54, 1.807) is 12.1 Å². The van der Waals surface area contributed by atoms with Crippen LogP contribution in [0.5, 0.6) is 0 Å². The van der Waals surface area contributed by atoms with Crippen molar-refractivity contribution in [1.82, 2.24) is 5.32 Å². The summed E-state index contributed by atoms with van der Waals surface area (Å²) < 4.78 is 12.9. The van der Waals surface area contributed by atoms with E-state index in [4.69, 9.17) is 0 Å². The Morgan fingerprint density at radius 2 is 1.79 bits per heavy atom. The molecular formula is C19H19FN2O2. The SMILES string of the molecule is CC1(C)C(=O)Nc2ccc(CC(=O)NCc3ccc(F)cc3)cc21. The quantitative estimate of drug-likeness (QED) is 0.907. The predicted octanol–water partition coefficient (Wildman–Crippen LogP) is 2.91. The molecule has 0 saturated heterocycles. The van der Waals surface area contributed by atoms with Gasteiger partial charge in [-0.25, -0.2) is 4.39 Å². The number of anilines is 1. The van der Waals surface area contributed by atoms with Crippen LogP contribution >= 0.6 is 0 Å². The first kappa shape index (κ1) is 16.2. The molecule has 0 spiro atoms. The van der Waals surface area contributed by atoms with Crippen molar-refractivity contribution in [2.75, 3.05) is 5.32 Å². The lowest BCUT2D eigenvalue weighted by Crippen LogP contribution is -2.27. The minimum atomic E-state index is -0.587. The number of carbonyl (C=O) groups is 2. The highest BCUT2D eigenvalue weighted by Crippen LogP contribution is 2.37. The van der Waals surface area contributed by atoms with E-state index in [1.165, 1.54) is 12.1 Å². The zero-order chi connectivity index (χ0) is 17.3. The van der Waals surface area contributed by atoms with Crippen LogP contribution < -0.4 is 10.6 Å². The van der Waals surface area contributed by atoms with Gasteiger partial charge in [0, 0.05) is 12.2 Å². The molecule has 2 aromatic rings. The van der Waals surface area contributed by atoms with Crippen LogP contribution in [0.15, 0.2) is 42.5 Å². The molecule has 124 valence electrons. The number of amides is 2. The predicted molar refractivity (Wildman–Crippen MR) is 90.0 cm³/mol. The summed E-state index contributed by atoms with van der Waals surface area (Å²) in [5, 5.41) is 5.67. The van der Waals surface area contributed by atoms with E-state index in [1.807, 2.05) is 32.0 Å². The average molecular weight is 326 g/mol. The summed E-state index contributed by atoms with van der Waals surface area (Å²) in [6.07, 6.45) is 0.235. The Hall–Kier alpha value is -2.69.